The average molecular weight is 279 g/mol. The van der Waals surface area contributed by atoms with Crippen molar-refractivity contribution in [1.29, 1.82) is 0 Å². The van der Waals surface area contributed by atoms with Gasteiger partial charge in [-0.15, -0.1) is 0 Å². The number of para-hydroxylation sites is 1. The number of aromatic amines is 1. The van der Waals surface area contributed by atoms with Crippen LogP contribution in [0.5, 0.6) is 0 Å². The van der Waals surface area contributed by atoms with Crippen LogP contribution in [0.1, 0.15) is 15.9 Å². The summed E-state index contributed by atoms with van der Waals surface area (Å²) in [6, 6.07) is 12.1. The van der Waals surface area contributed by atoms with Crippen LogP contribution in [0.15, 0.2) is 53.5 Å². The van der Waals surface area contributed by atoms with E-state index in [1.165, 1.54) is 6.07 Å². The number of nitrogens with one attached hydrogen (secondary N) is 2. The quantitative estimate of drug-likeness (QED) is 0.756. The molecule has 0 spiro atoms. The van der Waals surface area contributed by atoms with Crippen molar-refractivity contribution >= 4 is 22.6 Å². The van der Waals surface area contributed by atoms with E-state index in [1.807, 2.05) is 25.1 Å². The fraction of sp³-hybridized carbons (Fsp3) is 0.0625. The van der Waals surface area contributed by atoms with Gasteiger partial charge in [-0.3, -0.25) is 9.59 Å². The Labute approximate surface area is 120 Å². The van der Waals surface area contributed by atoms with E-state index in [0.717, 1.165) is 5.56 Å². The Kier molecular flexibility index (Phi) is 3.23. The second kappa shape index (κ2) is 5.20. The van der Waals surface area contributed by atoms with E-state index in [0.29, 0.717) is 22.3 Å². The molecule has 5 nitrogen and oxygen atoms in total. The zero-order valence-electron chi connectivity index (χ0n) is 11.4. The number of carbonyl (C=O) groups excluding carboxylic acids is 1. The van der Waals surface area contributed by atoms with Crippen LogP contribution in [-0.4, -0.2) is 15.9 Å². The van der Waals surface area contributed by atoms with Gasteiger partial charge in [-0.05, 0) is 24.6 Å². The molecule has 2 aromatic heterocycles. The van der Waals surface area contributed by atoms with Crippen molar-refractivity contribution in [3.05, 3.63) is 70.1 Å². The van der Waals surface area contributed by atoms with E-state index in [-0.39, 0.29) is 11.5 Å². The molecule has 0 aliphatic heterocycles. The van der Waals surface area contributed by atoms with Gasteiger partial charge in [0.2, 0.25) is 5.56 Å². The Morgan fingerprint density at radius 3 is 2.76 bits per heavy atom. The van der Waals surface area contributed by atoms with Gasteiger partial charge in [0.05, 0.1) is 5.56 Å². The number of benzene rings is 1. The molecule has 5 heteroatoms. The van der Waals surface area contributed by atoms with Gasteiger partial charge in [0.25, 0.3) is 5.91 Å². The number of nitrogens with zero attached hydrogens (tertiary/aromatic N) is 1. The first-order chi connectivity index (χ1) is 10.1. The Morgan fingerprint density at radius 1 is 1.19 bits per heavy atom. The lowest BCUT2D eigenvalue weighted by Crippen LogP contribution is -2.17. The van der Waals surface area contributed by atoms with Crippen LogP contribution in [0.4, 0.5) is 5.82 Å². The molecule has 0 bridgehead atoms. The third-order valence-electron chi connectivity index (χ3n) is 3.15. The van der Waals surface area contributed by atoms with Gasteiger partial charge in [0.1, 0.15) is 5.82 Å². The standard InChI is InChI=1S/C16H13N3O2/c1-10-6-7-14(17-9-10)19-16(21)12-8-15(20)18-13-5-3-2-4-11(12)13/h2-9H,1H3,(H,18,20)(H,17,19,21). The van der Waals surface area contributed by atoms with Crippen LogP contribution in [0.3, 0.4) is 0 Å². The summed E-state index contributed by atoms with van der Waals surface area (Å²) in [7, 11) is 0. The average Bonchev–Trinajstić information content (AvgIpc) is 2.48. The normalized spacial score (nSPS) is 10.5. The first-order valence-electron chi connectivity index (χ1n) is 6.49. The van der Waals surface area contributed by atoms with Crippen molar-refractivity contribution in [3.63, 3.8) is 0 Å². The summed E-state index contributed by atoms with van der Waals surface area (Å²) < 4.78 is 0. The highest BCUT2D eigenvalue weighted by Gasteiger charge is 2.12. The molecule has 104 valence electrons. The van der Waals surface area contributed by atoms with Crippen LogP contribution in [0, 0.1) is 6.92 Å². The maximum atomic E-state index is 12.4. The highest BCUT2D eigenvalue weighted by Crippen LogP contribution is 2.16. The number of hydrogen-bond acceptors (Lipinski definition) is 3. The maximum Gasteiger partial charge on any atom is 0.257 e. The van der Waals surface area contributed by atoms with Gasteiger partial charge in [-0.25, -0.2) is 4.98 Å². The first kappa shape index (κ1) is 13.1. The van der Waals surface area contributed by atoms with E-state index in [1.54, 1.807) is 24.4 Å². The van der Waals surface area contributed by atoms with Crippen LogP contribution in [0.25, 0.3) is 10.9 Å². The molecule has 2 heterocycles. The number of hydrogen-bond donors (Lipinski definition) is 2. The molecule has 1 aromatic carbocycles. The second-order valence-corrected chi connectivity index (χ2v) is 4.77. The third kappa shape index (κ3) is 2.67. The van der Waals surface area contributed by atoms with Crippen LogP contribution in [0.2, 0.25) is 0 Å². The molecular formula is C16H13N3O2. The number of pyridine rings is 2. The lowest BCUT2D eigenvalue weighted by atomic mass is 10.1. The van der Waals surface area contributed by atoms with Crippen molar-refractivity contribution in [2.24, 2.45) is 0 Å². The largest absolute Gasteiger partial charge is 0.322 e. The Morgan fingerprint density at radius 2 is 2.00 bits per heavy atom. The Bertz CT molecular complexity index is 867. The predicted octanol–water partition coefficient (Wildman–Crippen LogP) is 2.48. The summed E-state index contributed by atoms with van der Waals surface area (Å²) in [6.45, 7) is 1.92. The molecule has 0 atom stereocenters. The SMILES string of the molecule is Cc1ccc(NC(=O)c2cc(=O)[nH]c3ccccc23)nc1. The second-order valence-electron chi connectivity index (χ2n) is 4.77. The molecule has 0 aliphatic rings. The van der Waals surface area contributed by atoms with Crippen molar-refractivity contribution in [1.82, 2.24) is 9.97 Å². The zero-order chi connectivity index (χ0) is 14.8. The van der Waals surface area contributed by atoms with E-state index in [4.69, 9.17) is 0 Å². The molecule has 1 amide bonds. The predicted molar refractivity (Wildman–Crippen MR) is 81.5 cm³/mol. The minimum Gasteiger partial charge on any atom is -0.322 e. The smallest absolute Gasteiger partial charge is 0.257 e. The fourth-order valence-electron chi connectivity index (χ4n) is 2.12. The Balaban J connectivity index is 2.01. The van der Waals surface area contributed by atoms with E-state index in [9.17, 15) is 9.59 Å². The molecule has 3 rings (SSSR count). The topological polar surface area (TPSA) is 74.8 Å². The highest BCUT2D eigenvalue weighted by atomic mass is 16.2. The number of H-pyrrole nitrogens is 1. The fourth-order valence-corrected chi connectivity index (χ4v) is 2.12. The zero-order valence-corrected chi connectivity index (χ0v) is 11.4. The molecule has 0 radical (unpaired) electrons. The van der Waals surface area contributed by atoms with Gasteiger partial charge in [-0.1, -0.05) is 24.3 Å². The maximum absolute atomic E-state index is 12.4. The Hall–Kier alpha value is -2.95. The number of amides is 1. The third-order valence-corrected chi connectivity index (χ3v) is 3.15. The van der Waals surface area contributed by atoms with Crippen molar-refractivity contribution in [2.45, 2.75) is 6.92 Å². The number of aromatic nitrogens is 2. The lowest BCUT2D eigenvalue weighted by Gasteiger charge is -2.07. The van der Waals surface area contributed by atoms with Crippen molar-refractivity contribution < 1.29 is 4.79 Å². The summed E-state index contributed by atoms with van der Waals surface area (Å²) in [5, 5.41) is 3.40. The molecular weight excluding hydrogens is 266 g/mol. The van der Waals surface area contributed by atoms with Crippen molar-refractivity contribution in [3.8, 4) is 0 Å². The van der Waals surface area contributed by atoms with Crippen LogP contribution < -0.4 is 10.9 Å². The molecule has 3 aromatic rings. The molecule has 2 N–H and O–H groups in total. The number of anilines is 1. The number of carbonyl (C=O) groups is 1. The molecule has 21 heavy (non-hydrogen) atoms. The van der Waals surface area contributed by atoms with Gasteiger partial charge < -0.3 is 10.3 Å². The van der Waals surface area contributed by atoms with Crippen LogP contribution >= 0.6 is 0 Å². The summed E-state index contributed by atoms with van der Waals surface area (Å²) in [4.78, 5) is 30.8. The molecule has 0 fully saturated rings. The van der Waals surface area contributed by atoms with Crippen LogP contribution in [-0.2, 0) is 0 Å². The highest BCUT2D eigenvalue weighted by molar-refractivity contribution is 6.11. The molecule has 0 aliphatic carbocycles. The van der Waals surface area contributed by atoms with Gasteiger partial charge in [0, 0.05) is 23.2 Å². The van der Waals surface area contributed by atoms with E-state index in [2.05, 4.69) is 15.3 Å². The summed E-state index contributed by atoms with van der Waals surface area (Å²) in [5.74, 6) is 0.101. The van der Waals surface area contributed by atoms with Crippen molar-refractivity contribution in [2.75, 3.05) is 5.32 Å². The molecule has 0 unspecified atom stereocenters. The molecule has 0 saturated heterocycles. The summed E-state index contributed by atoms with van der Waals surface area (Å²) in [5.41, 5.74) is 1.66. The van der Waals surface area contributed by atoms with Gasteiger partial charge in [0.15, 0.2) is 0 Å². The lowest BCUT2D eigenvalue weighted by molar-refractivity contribution is 0.102. The first-order valence-corrected chi connectivity index (χ1v) is 6.49. The monoisotopic (exact) mass is 279 g/mol. The van der Waals surface area contributed by atoms with E-state index < -0.39 is 0 Å². The minimum atomic E-state index is -0.353. The number of rotatable bonds is 2. The van der Waals surface area contributed by atoms with E-state index >= 15 is 0 Å². The van der Waals surface area contributed by atoms with Gasteiger partial charge >= 0.3 is 0 Å². The number of fused-ring (bicyclic) bond motifs is 1. The minimum absolute atomic E-state index is 0.310. The summed E-state index contributed by atoms with van der Waals surface area (Å²) >= 11 is 0. The number of aryl methyl sites for hydroxylation is 1. The van der Waals surface area contributed by atoms with Gasteiger partial charge in [-0.2, -0.15) is 0 Å². The summed E-state index contributed by atoms with van der Waals surface area (Å²) in [6.07, 6.45) is 1.67. The molecule has 0 saturated carbocycles.